The molecule has 0 aromatic carbocycles. The van der Waals surface area contributed by atoms with E-state index in [-0.39, 0.29) is 11.8 Å². The summed E-state index contributed by atoms with van der Waals surface area (Å²) in [4.78, 5) is 12.7. The third-order valence-corrected chi connectivity index (χ3v) is 4.07. The quantitative estimate of drug-likeness (QED) is 0.935. The van der Waals surface area contributed by atoms with Gasteiger partial charge in [-0.05, 0) is 34.0 Å². The highest BCUT2D eigenvalue weighted by molar-refractivity contribution is 9.11. The molecule has 6 heteroatoms. The Kier molecular flexibility index (Phi) is 3.87. The van der Waals surface area contributed by atoms with E-state index in [1.807, 2.05) is 19.3 Å². The Labute approximate surface area is 118 Å². The summed E-state index contributed by atoms with van der Waals surface area (Å²) in [5.74, 6) is 0.178. The Bertz CT molecular complexity index is 574. The van der Waals surface area contributed by atoms with Crippen molar-refractivity contribution < 1.29 is 4.79 Å². The summed E-state index contributed by atoms with van der Waals surface area (Å²) in [5, 5.41) is 7.27. The van der Waals surface area contributed by atoms with Crippen LogP contribution in [0.3, 0.4) is 0 Å². The van der Waals surface area contributed by atoms with E-state index < -0.39 is 0 Å². The van der Waals surface area contributed by atoms with E-state index in [4.69, 9.17) is 0 Å². The van der Waals surface area contributed by atoms with Gasteiger partial charge in [0, 0.05) is 13.2 Å². The molecule has 0 atom stereocenters. The molecular formula is C12H14BrN3OS. The number of aryl methyl sites for hydroxylation is 1. The third kappa shape index (κ3) is 2.81. The Balaban J connectivity index is 2.21. The molecule has 4 nitrogen and oxygen atoms in total. The Morgan fingerprint density at radius 1 is 1.50 bits per heavy atom. The van der Waals surface area contributed by atoms with Gasteiger partial charge in [0.05, 0.1) is 20.0 Å². The minimum Gasteiger partial charge on any atom is -0.318 e. The second kappa shape index (κ2) is 5.24. The zero-order valence-electron chi connectivity index (χ0n) is 10.4. The van der Waals surface area contributed by atoms with E-state index in [0.717, 1.165) is 15.2 Å². The highest BCUT2D eigenvalue weighted by atomic mass is 79.9. The molecule has 0 saturated carbocycles. The van der Waals surface area contributed by atoms with Crippen molar-refractivity contribution in [3.05, 3.63) is 32.7 Å². The normalized spacial score (nSPS) is 10.9. The van der Waals surface area contributed by atoms with Crippen molar-refractivity contribution in [2.75, 3.05) is 5.32 Å². The maximum absolute atomic E-state index is 12.1. The van der Waals surface area contributed by atoms with Gasteiger partial charge in [0.25, 0.3) is 5.91 Å². The Hall–Kier alpha value is -1.14. The van der Waals surface area contributed by atoms with Crippen molar-refractivity contribution in [2.45, 2.75) is 19.8 Å². The van der Waals surface area contributed by atoms with Crippen molar-refractivity contribution >= 4 is 38.9 Å². The number of halogens is 1. The van der Waals surface area contributed by atoms with Crippen molar-refractivity contribution in [1.82, 2.24) is 9.78 Å². The fourth-order valence-electron chi connectivity index (χ4n) is 1.65. The van der Waals surface area contributed by atoms with Gasteiger partial charge in [0.15, 0.2) is 0 Å². The van der Waals surface area contributed by atoms with Crippen LogP contribution in [0.1, 0.15) is 35.1 Å². The fraction of sp³-hybridized carbons (Fsp3) is 0.333. The molecule has 0 bridgehead atoms. The molecule has 2 aromatic rings. The van der Waals surface area contributed by atoms with Crippen molar-refractivity contribution in [3.63, 3.8) is 0 Å². The number of nitrogens with zero attached hydrogens (tertiary/aromatic N) is 2. The summed E-state index contributed by atoms with van der Waals surface area (Å²) >= 11 is 4.76. The zero-order valence-corrected chi connectivity index (χ0v) is 12.8. The van der Waals surface area contributed by atoms with Crippen LogP contribution in [-0.2, 0) is 7.05 Å². The monoisotopic (exact) mass is 327 g/mol. The number of nitrogens with one attached hydrogen (secondary N) is 1. The number of thiophene rings is 1. The van der Waals surface area contributed by atoms with Gasteiger partial charge in [-0.2, -0.15) is 5.10 Å². The second-order valence-electron chi connectivity index (χ2n) is 4.31. The van der Waals surface area contributed by atoms with E-state index in [9.17, 15) is 4.79 Å². The largest absolute Gasteiger partial charge is 0.318 e. The molecule has 2 aromatic heterocycles. The van der Waals surface area contributed by atoms with Gasteiger partial charge < -0.3 is 5.32 Å². The van der Waals surface area contributed by atoms with Gasteiger partial charge in [0.1, 0.15) is 0 Å². The molecule has 1 amide bonds. The van der Waals surface area contributed by atoms with Crippen LogP contribution in [0.2, 0.25) is 0 Å². The molecule has 0 unspecified atom stereocenters. The highest BCUT2D eigenvalue weighted by Crippen LogP contribution is 2.25. The molecule has 1 N–H and O–H groups in total. The zero-order chi connectivity index (χ0) is 13.3. The van der Waals surface area contributed by atoms with Gasteiger partial charge in [-0.1, -0.05) is 13.8 Å². The highest BCUT2D eigenvalue weighted by Gasteiger charge is 2.15. The Morgan fingerprint density at radius 3 is 2.78 bits per heavy atom. The molecule has 2 rings (SSSR count). The number of hydrogen-bond donors (Lipinski definition) is 1. The standard InChI is InChI=1S/C12H14BrN3OS/c1-7(2)11-8(6-16(3)15-11)14-12(17)9-4-5-10(13)18-9/h4-7H,1-3H3,(H,14,17). The van der Waals surface area contributed by atoms with Crippen LogP contribution in [-0.4, -0.2) is 15.7 Å². The first-order valence-corrected chi connectivity index (χ1v) is 7.18. The lowest BCUT2D eigenvalue weighted by Crippen LogP contribution is -2.11. The van der Waals surface area contributed by atoms with Crippen LogP contribution in [0.5, 0.6) is 0 Å². The number of carbonyl (C=O) groups excluding carboxylic acids is 1. The summed E-state index contributed by atoms with van der Waals surface area (Å²) in [7, 11) is 1.85. The van der Waals surface area contributed by atoms with E-state index in [2.05, 4.69) is 40.2 Å². The first-order valence-electron chi connectivity index (χ1n) is 5.57. The smallest absolute Gasteiger partial charge is 0.265 e. The number of hydrogen-bond acceptors (Lipinski definition) is 3. The maximum Gasteiger partial charge on any atom is 0.265 e. The van der Waals surface area contributed by atoms with Gasteiger partial charge in [-0.3, -0.25) is 9.48 Å². The van der Waals surface area contributed by atoms with Crippen LogP contribution in [0.25, 0.3) is 0 Å². The van der Waals surface area contributed by atoms with Crippen molar-refractivity contribution in [1.29, 1.82) is 0 Å². The Morgan fingerprint density at radius 2 is 2.22 bits per heavy atom. The van der Waals surface area contributed by atoms with E-state index in [1.165, 1.54) is 11.3 Å². The average molecular weight is 328 g/mol. The molecule has 0 aliphatic heterocycles. The summed E-state index contributed by atoms with van der Waals surface area (Å²) < 4.78 is 2.66. The van der Waals surface area contributed by atoms with E-state index in [1.54, 1.807) is 10.7 Å². The topological polar surface area (TPSA) is 46.9 Å². The number of anilines is 1. The first kappa shape index (κ1) is 13.3. The van der Waals surface area contributed by atoms with Crippen molar-refractivity contribution in [3.8, 4) is 0 Å². The molecule has 18 heavy (non-hydrogen) atoms. The van der Waals surface area contributed by atoms with Crippen LogP contribution in [0, 0.1) is 0 Å². The first-order chi connectivity index (χ1) is 8.47. The maximum atomic E-state index is 12.1. The molecule has 0 spiro atoms. The SMILES string of the molecule is CC(C)c1nn(C)cc1NC(=O)c1ccc(Br)s1. The lowest BCUT2D eigenvalue weighted by Gasteiger charge is -2.05. The van der Waals surface area contributed by atoms with Gasteiger partial charge in [-0.15, -0.1) is 11.3 Å². The summed E-state index contributed by atoms with van der Waals surface area (Å²) in [5.41, 5.74) is 1.68. The van der Waals surface area contributed by atoms with Crippen LogP contribution in [0.4, 0.5) is 5.69 Å². The number of amides is 1. The number of rotatable bonds is 3. The molecule has 0 aliphatic rings. The van der Waals surface area contributed by atoms with Crippen molar-refractivity contribution in [2.24, 2.45) is 7.05 Å². The predicted molar refractivity (Wildman–Crippen MR) is 77.3 cm³/mol. The third-order valence-electron chi connectivity index (χ3n) is 2.45. The van der Waals surface area contributed by atoms with E-state index in [0.29, 0.717) is 4.88 Å². The molecular weight excluding hydrogens is 314 g/mol. The lowest BCUT2D eigenvalue weighted by atomic mass is 10.1. The number of aromatic nitrogens is 2. The molecule has 2 heterocycles. The number of carbonyl (C=O) groups is 1. The molecule has 0 radical (unpaired) electrons. The summed E-state index contributed by atoms with van der Waals surface area (Å²) in [6.07, 6.45) is 1.83. The minimum absolute atomic E-state index is 0.0967. The molecule has 96 valence electrons. The fourth-order valence-corrected chi connectivity index (χ4v) is 2.93. The van der Waals surface area contributed by atoms with Crippen LogP contribution in [0.15, 0.2) is 22.1 Å². The second-order valence-corrected chi connectivity index (χ2v) is 6.78. The lowest BCUT2D eigenvalue weighted by molar-refractivity contribution is 0.103. The minimum atomic E-state index is -0.0967. The molecule has 0 saturated heterocycles. The van der Waals surface area contributed by atoms with Crippen LogP contribution >= 0.6 is 27.3 Å². The van der Waals surface area contributed by atoms with E-state index >= 15 is 0 Å². The molecule has 0 aliphatic carbocycles. The average Bonchev–Trinajstić information content (AvgIpc) is 2.85. The summed E-state index contributed by atoms with van der Waals surface area (Å²) in [6, 6.07) is 3.67. The van der Waals surface area contributed by atoms with Crippen LogP contribution < -0.4 is 5.32 Å². The predicted octanol–water partition coefficient (Wildman–Crippen LogP) is 3.62. The van der Waals surface area contributed by atoms with Gasteiger partial charge in [-0.25, -0.2) is 0 Å². The van der Waals surface area contributed by atoms with Gasteiger partial charge in [0.2, 0.25) is 0 Å². The molecule has 0 fully saturated rings. The van der Waals surface area contributed by atoms with Gasteiger partial charge >= 0.3 is 0 Å². The summed E-state index contributed by atoms with van der Waals surface area (Å²) in [6.45, 7) is 4.11.